The Morgan fingerprint density at radius 3 is 2.71 bits per heavy atom. The van der Waals surface area contributed by atoms with Crippen molar-refractivity contribution >= 4 is 17.5 Å². The third-order valence-electron chi connectivity index (χ3n) is 3.28. The van der Waals surface area contributed by atoms with Crippen molar-refractivity contribution < 1.29 is 4.79 Å². The highest BCUT2D eigenvalue weighted by Gasteiger charge is 2.36. The highest BCUT2D eigenvalue weighted by molar-refractivity contribution is 6.17. The smallest absolute Gasteiger partial charge is 0.225 e. The molecule has 2 nitrogen and oxygen atoms in total. The summed E-state index contributed by atoms with van der Waals surface area (Å²) >= 11 is 5.76. The first-order chi connectivity index (χ1) is 6.83. The van der Waals surface area contributed by atoms with E-state index in [-0.39, 0.29) is 0 Å². The van der Waals surface area contributed by atoms with Gasteiger partial charge in [0.2, 0.25) is 5.91 Å². The lowest BCUT2D eigenvalue weighted by Gasteiger charge is -2.35. The van der Waals surface area contributed by atoms with Crippen molar-refractivity contribution in [1.82, 2.24) is 4.90 Å². The zero-order valence-electron chi connectivity index (χ0n) is 8.54. The average molecular weight is 216 g/mol. The molecule has 0 radical (unpaired) electrons. The van der Waals surface area contributed by atoms with Crippen LogP contribution in [0.3, 0.4) is 0 Å². The molecule has 1 aliphatic heterocycles. The van der Waals surface area contributed by atoms with Crippen LogP contribution in [-0.4, -0.2) is 29.3 Å². The van der Waals surface area contributed by atoms with E-state index in [9.17, 15) is 4.79 Å². The molecule has 2 aliphatic rings. The molecule has 0 N–H and O–H groups in total. The van der Waals surface area contributed by atoms with E-state index in [1.54, 1.807) is 0 Å². The first kappa shape index (κ1) is 10.3. The van der Waals surface area contributed by atoms with Crippen molar-refractivity contribution in [2.45, 2.75) is 44.6 Å². The van der Waals surface area contributed by atoms with Crippen LogP contribution in [0.1, 0.15) is 38.5 Å². The van der Waals surface area contributed by atoms with E-state index in [1.165, 1.54) is 12.8 Å². The van der Waals surface area contributed by atoms with Gasteiger partial charge in [-0.1, -0.05) is 0 Å². The molecule has 0 aromatic heterocycles. The van der Waals surface area contributed by atoms with E-state index in [0.29, 0.717) is 23.7 Å². The Morgan fingerprint density at radius 1 is 1.29 bits per heavy atom. The minimum atomic E-state index is 0.367. The first-order valence-electron chi connectivity index (χ1n) is 5.69. The Balaban J connectivity index is 1.94. The van der Waals surface area contributed by atoms with Crippen LogP contribution in [0, 0.1) is 5.92 Å². The second kappa shape index (κ2) is 4.52. The molecule has 1 unspecified atom stereocenters. The topological polar surface area (TPSA) is 20.3 Å². The minimum absolute atomic E-state index is 0.367. The molecule has 2 rings (SSSR count). The van der Waals surface area contributed by atoms with Gasteiger partial charge in [-0.3, -0.25) is 4.79 Å². The lowest BCUT2D eigenvalue weighted by Crippen LogP contribution is -2.44. The maximum Gasteiger partial charge on any atom is 0.225 e. The second-order valence-corrected chi connectivity index (χ2v) is 4.81. The third-order valence-corrected chi connectivity index (χ3v) is 3.50. The quantitative estimate of drug-likeness (QED) is 0.663. The summed E-state index contributed by atoms with van der Waals surface area (Å²) in [5.41, 5.74) is 0. The summed E-state index contributed by atoms with van der Waals surface area (Å²) in [7, 11) is 0. The molecule has 80 valence electrons. The number of piperidine rings is 1. The van der Waals surface area contributed by atoms with E-state index >= 15 is 0 Å². The maximum atomic E-state index is 11.9. The minimum Gasteiger partial charge on any atom is -0.339 e. The van der Waals surface area contributed by atoms with E-state index in [4.69, 9.17) is 11.6 Å². The van der Waals surface area contributed by atoms with Crippen LogP contribution >= 0.6 is 11.6 Å². The fourth-order valence-corrected chi connectivity index (χ4v) is 2.53. The number of likely N-dealkylation sites (tertiary alicyclic amines) is 1. The molecule has 0 aromatic carbocycles. The SMILES string of the molecule is O=C(C1CC1)N1CCCCC1CCCl. The van der Waals surface area contributed by atoms with Crippen LogP contribution in [0.15, 0.2) is 0 Å². The highest BCUT2D eigenvalue weighted by atomic mass is 35.5. The standard InChI is InChI=1S/C11H18ClNO/c12-7-6-10-3-1-2-8-13(10)11(14)9-4-5-9/h9-10H,1-8H2. The molecule has 1 heterocycles. The van der Waals surface area contributed by atoms with Gasteiger partial charge in [0.25, 0.3) is 0 Å². The van der Waals surface area contributed by atoms with Crippen LogP contribution < -0.4 is 0 Å². The Bertz CT molecular complexity index is 213. The number of carbonyl (C=O) groups is 1. The van der Waals surface area contributed by atoms with E-state index < -0.39 is 0 Å². The number of halogens is 1. The summed E-state index contributed by atoms with van der Waals surface area (Å²) in [6, 6.07) is 0.439. The van der Waals surface area contributed by atoms with Gasteiger partial charge >= 0.3 is 0 Å². The number of rotatable bonds is 3. The third kappa shape index (κ3) is 2.22. The average Bonchev–Trinajstić information content (AvgIpc) is 3.01. The number of hydrogen-bond acceptors (Lipinski definition) is 1. The van der Waals surface area contributed by atoms with Crippen molar-refractivity contribution in [3.63, 3.8) is 0 Å². The van der Waals surface area contributed by atoms with Crippen molar-refractivity contribution in [3.05, 3.63) is 0 Å². The van der Waals surface area contributed by atoms with Crippen LogP contribution in [0.2, 0.25) is 0 Å². The van der Waals surface area contributed by atoms with Gasteiger partial charge in [0.1, 0.15) is 0 Å². The zero-order chi connectivity index (χ0) is 9.97. The molecular formula is C11H18ClNO. The van der Waals surface area contributed by atoms with Gasteiger partial charge in [0.05, 0.1) is 0 Å². The molecule has 0 aromatic rings. The highest BCUT2D eigenvalue weighted by Crippen LogP contribution is 2.33. The van der Waals surface area contributed by atoms with Gasteiger partial charge in [-0.2, -0.15) is 0 Å². The summed E-state index contributed by atoms with van der Waals surface area (Å²) in [5.74, 6) is 1.45. The van der Waals surface area contributed by atoms with Crippen molar-refractivity contribution in [2.75, 3.05) is 12.4 Å². The van der Waals surface area contributed by atoms with Crippen molar-refractivity contribution in [3.8, 4) is 0 Å². The number of alkyl halides is 1. The summed E-state index contributed by atoms with van der Waals surface area (Å²) in [4.78, 5) is 14.0. The van der Waals surface area contributed by atoms with Crippen LogP contribution in [0.4, 0.5) is 0 Å². The number of nitrogens with zero attached hydrogens (tertiary/aromatic N) is 1. The summed E-state index contributed by atoms with van der Waals surface area (Å²) in [6.45, 7) is 0.969. The number of carbonyl (C=O) groups excluding carboxylic acids is 1. The Labute approximate surface area is 90.6 Å². The predicted octanol–water partition coefficient (Wildman–Crippen LogP) is 2.41. The predicted molar refractivity (Wildman–Crippen MR) is 57.4 cm³/mol. The molecule has 14 heavy (non-hydrogen) atoms. The first-order valence-corrected chi connectivity index (χ1v) is 6.23. The Kier molecular flexibility index (Phi) is 3.32. The van der Waals surface area contributed by atoms with E-state index in [2.05, 4.69) is 4.90 Å². The zero-order valence-corrected chi connectivity index (χ0v) is 9.30. The van der Waals surface area contributed by atoms with Gasteiger partial charge in [-0.25, -0.2) is 0 Å². The molecule has 0 bridgehead atoms. The van der Waals surface area contributed by atoms with Crippen LogP contribution in [0.25, 0.3) is 0 Å². The largest absolute Gasteiger partial charge is 0.339 e. The molecule has 1 atom stereocenters. The van der Waals surface area contributed by atoms with Gasteiger partial charge in [0, 0.05) is 24.4 Å². The lowest BCUT2D eigenvalue weighted by atomic mass is 9.99. The maximum absolute atomic E-state index is 11.9. The number of hydrogen-bond donors (Lipinski definition) is 0. The Hall–Kier alpha value is -0.240. The second-order valence-electron chi connectivity index (χ2n) is 4.43. The molecule has 3 heteroatoms. The summed E-state index contributed by atoms with van der Waals surface area (Å²) in [5, 5.41) is 0. The van der Waals surface area contributed by atoms with Crippen LogP contribution in [-0.2, 0) is 4.79 Å². The molecule has 1 aliphatic carbocycles. The molecule has 1 saturated carbocycles. The summed E-state index contributed by atoms with van der Waals surface area (Å²) < 4.78 is 0. The molecule has 2 fully saturated rings. The lowest BCUT2D eigenvalue weighted by molar-refractivity contribution is -0.136. The Morgan fingerprint density at radius 2 is 2.07 bits per heavy atom. The molecule has 0 spiro atoms. The number of amides is 1. The monoisotopic (exact) mass is 215 g/mol. The van der Waals surface area contributed by atoms with E-state index in [0.717, 1.165) is 32.2 Å². The van der Waals surface area contributed by atoms with Gasteiger partial charge in [0.15, 0.2) is 0 Å². The molecule has 1 amide bonds. The molecular weight excluding hydrogens is 198 g/mol. The van der Waals surface area contributed by atoms with Crippen LogP contribution in [0.5, 0.6) is 0 Å². The van der Waals surface area contributed by atoms with E-state index in [1.807, 2.05) is 0 Å². The summed E-state index contributed by atoms with van der Waals surface area (Å²) in [6.07, 6.45) is 6.80. The van der Waals surface area contributed by atoms with Crippen molar-refractivity contribution in [1.29, 1.82) is 0 Å². The van der Waals surface area contributed by atoms with Crippen molar-refractivity contribution in [2.24, 2.45) is 5.92 Å². The fourth-order valence-electron chi connectivity index (χ4n) is 2.28. The molecule has 1 saturated heterocycles. The van der Waals surface area contributed by atoms with Gasteiger partial charge in [-0.05, 0) is 38.5 Å². The fraction of sp³-hybridized carbons (Fsp3) is 0.909. The normalized spacial score (nSPS) is 27.8. The van der Waals surface area contributed by atoms with Gasteiger partial charge in [-0.15, -0.1) is 11.6 Å². The van der Waals surface area contributed by atoms with Gasteiger partial charge < -0.3 is 4.90 Å².